The molecule has 0 aliphatic carbocycles. The molecule has 2 aromatic rings. The molecule has 2 rings (SSSR count). The first-order valence-corrected chi connectivity index (χ1v) is 10.4. The number of hydrogen-bond donors (Lipinski definition) is 2. The quantitative estimate of drug-likeness (QED) is 0.625. The van der Waals surface area contributed by atoms with E-state index in [-0.39, 0.29) is 42.2 Å². The Bertz CT molecular complexity index is 912. The first-order chi connectivity index (χ1) is 13.2. The Hall–Kier alpha value is -2.45. The second kappa shape index (κ2) is 9.66. The third-order valence-corrected chi connectivity index (χ3v) is 5.30. The second-order valence-electron chi connectivity index (χ2n) is 6.64. The number of carbonyl (C=O) groups excluding carboxylic acids is 1. The largest absolute Gasteiger partial charge is 0.491 e. The molecule has 0 radical (unpaired) electrons. The molecule has 0 saturated carbocycles. The predicted octanol–water partition coefficient (Wildman–Crippen LogP) is 2.56. The first kappa shape index (κ1) is 21.8. The van der Waals surface area contributed by atoms with E-state index < -0.39 is 10.0 Å². The Morgan fingerprint density at radius 2 is 1.79 bits per heavy atom. The van der Waals surface area contributed by atoms with Gasteiger partial charge in [0.05, 0.1) is 17.4 Å². The Morgan fingerprint density at radius 1 is 1.11 bits per heavy atom. The maximum absolute atomic E-state index is 12.9. The van der Waals surface area contributed by atoms with Gasteiger partial charge in [-0.15, -0.1) is 0 Å². The van der Waals surface area contributed by atoms with E-state index in [1.54, 1.807) is 19.1 Å². The van der Waals surface area contributed by atoms with Crippen LogP contribution in [0.15, 0.2) is 47.4 Å². The van der Waals surface area contributed by atoms with E-state index in [0.717, 1.165) is 5.56 Å². The van der Waals surface area contributed by atoms with Gasteiger partial charge in [0.15, 0.2) is 0 Å². The summed E-state index contributed by atoms with van der Waals surface area (Å²) in [6.45, 7) is 5.78. The van der Waals surface area contributed by atoms with Crippen LogP contribution in [-0.2, 0) is 21.2 Å². The van der Waals surface area contributed by atoms with Crippen molar-refractivity contribution in [1.29, 1.82) is 0 Å². The number of benzene rings is 2. The molecule has 0 fully saturated rings. The van der Waals surface area contributed by atoms with E-state index in [0.29, 0.717) is 11.3 Å². The van der Waals surface area contributed by atoms with Gasteiger partial charge < -0.3 is 10.1 Å². The lowest BCUT2D eigenvalue weighted by atomic mass is 10.1. The maximum Gasteiger partial charge on any atom is 0.240 e. The molecule has 0 aromatic heterocycles. The zero-order valence-electron chi connectivity index (χ0n) is 16.2. The molecule has 0 bridgehead atoms. The Morgan fingerprint density at radius 3 is 2.39 bits per heavy atom. The fourth-order valence-corrected chi connectivity index (χ4v) is 3.61. The Labute approximate surface area is 165 Å². The van der Waals surface area contributed by atoms with E-state index in [1.165, 1.54) is 30.3 Å². The zero-order valence-corrected chi connectivity index (χ0v) is 17.0. The molecule has 0 atom stereocenters. The second-order valence-corrected chi connectivity index (χ2v) is 8.41. The van der Waals surface area contributed by atoms with Crippen molar-refractivity contribution in [2.75, 3.05) is 13.1 Å². The number of nitrogens with one attached hydrogen (secondary N) is 2. The maximum atomic E-state index is 12.9. The minimum atomic E-state index is -3.69. The number of ether oxygens (including phenoxy) is 1. The van der Waals surface area contributed by atoms with Crippen molar-refractivity contribution in [2.24, 2.45) is 0 Å². The molecule has 152 valence electrons. The SMILES string of the molecule is Cc1cc(S(=O)(=O)NCCNC(=O)Cc2ccc(F)cc2)ccc1OC(C)C. The molecule has 0 spiro atoms. The number of carbonyl (C=O) groups is 1. The van der Waals surface area contributed by atoms with Gasteiger partial charge in [-0.05, 0) is 62.2 Å². The van der Waals surface area contributed by atoms with Crippen molar-refractivity contribution in [1.82, 2.24) is 10.0 Å². The van der Waals surface area contributed by atoms with Crippen molar-refractivity contribution < 1.29 is 22.3 Å². The average molecular weight is 408 g/mol. The lowest BCUT2D eigenvalue weighted by molar-refractivity contribution is -0.120. The van der Waals surface area contributed by atoms with Crippen molar-refractivity contribution in [3.05, 3.63) is 59.4 Å². The molecule has 28 heavy (non-hydrogen) atoms. The van der Waals surface area contributed by atoms with Crippen LogP contribution in [0.1, 0.15) is 25.0 Å². The van der Waals surface area contributed by atoms with Gasteiger partial charge in [-0.3, -0.25) is 4.79 Å². The normalized spacial score (nSPS) is 11.5. The van der Waals surface area contributed by atoms with E-state index in [1.807, 2.05) is 13.8 Å². The number of amides is 1. The number of hydrogen-bond acceptors (Lipinski definition) is 4. The molecule has 0 unspecified atom stereocenters. The van der Waals surface area contributed by atoms with Crippen LogP contribution in [0.25, 0.3) is 0 Å². The highest BCUT2D eigenvalue weighted by Crippen LogP contribution is 2.22. The monoisotopic (exact) mass is 408 g/mol. The van der Waals surface area contributed by atoms with Gasteiger partial charge in [0.2, 0.25) is 15.9 Å². The molecule has 6 nitrogen and oxygen atoms in total. The Kier molecular flexibility index (Phi) is 7.53. The summed E-state index contributed by atoms with van der Waals surface area (Å²) in [7, 11) is -3.69. The summed E-state index contributed by atoms with van der Waals surface area (Å²) in [6, 6.07) is 10.3. The zero-order chi connectivity index (χ0) is 20.7. The van der Waals surface area contributed by atoms with E-state index >= 15 is 0 Å². The highest BCUT2D eigenvalue weighted by Gasteiger charge is 2.15. The van der Waals surface area contributed by atoms with Crippen molar-refractivity contribution in [3.8, 4) is 5.75 Å². The molecule has 0 aliphatic heterocycles. The fourth-order valence-electron chi connectivity index (χ4n) is 2.50. The van der Waals surface area contributed by atoms with Gasteiger partial charge in [-0.2, -0.15) is 0 Å². The van der Waals surface area contributed by atoms with Crippen LogP contribution in [-0.4, -0.2) is 33.5 Å². The summed E-state index contributed by atoms with van der Waals surface area (Å²) in [5.74, 6) is 0.0106. The molecule has 0 saturated heterocycles. The van der Waals surface area contributed by atoms with Crippen LogP contribution >= 0.6 is 0 Å². The van der Waals surface area contributed by atoms with Crippen LogP contribution in [0.2, 0.25) is 0 Å². The average Bonchev–Trinajstić information content (AvgIpc) is 2.62. The minimum absolute atomic E-state index is 0.00203. The van der Waals surface area contributed by atoms with Gasteiger partial charge >= 0.3 is 0 Å². The van der Waals surface area contributed by atoms with Crippen LogP contribution in [0, 0.1) is 12.7 Å². The first-order valence-electron chi connectivity index (χ1n) is 8.95. The van der Waals surface area contributed by atoms with Crippen molar-refractivity contribution >= 4 is 15.9 Å². The lowest BCUT2D eigenvalue weighted by Gasteiger charge is -2.14. The van der Waals surface area contributed by atoms with E-state index in [9.17, 15) is 17.6 Å². The summed E-state index contributed by atoms with van der Waals surface area (Å²) < 4.78 is 45.7. The van der Waals surface area contributed by atoms with Gasteiger partial charge in [0.1, 0.15) is 11.6 Å². The highest BCUT2D eigenvalue weighted by molar-refractivity contribution is 7.89. The fraction of sp³-hybridized carbons (Fsp3) is 0.350. The van der Waals surface area contributed by atoms with Crippen LogP contribution in [0.4, 0.5) is 4.39 Å². The number of sulfonamides is 1. The van der Waals surface area contributed by atoms with E-state index in [2.05, 4.69) is 10.0 Å². The molecule has 1 amide bonds. The van der Waals surface area contributed by atoms with Gasteiger partial charge in [0.25, 0.3) is 0 Å². The molecule has 0 aliphatic rings. The standard InChI is InChI=1S/C20H25FN2O4S/c1-14(2)27-19-9-8-18(12-15(19)3)28(25,26)23-11-10-22-20(24)13-16-4-6-17(21)7-5-16/h4-9,12,14,23H,10-11,13H2,1-3H3,(H,22,24). The van der Waals surface area contributed by atoms with Crippen LogP contribution < -0.4 is 14.8 Å². The van der Waals surface area contributed by atoms with Gasteiger partial charge in [-0.25, -0.2) is 17.5 Å². The van der Waals surface area contributed by atoms with Crippen molar-refractivity contribution in [2.45, 2.75) is 38.2 Å². The van der Waals surface area contributed by atoms with Crippen LogP contribution in [0.5, 0.6) is 5.75 Å². The molecule has 8 heteroatoms. The van der Waals surface area contributed by atoms with Gasteiger partial charge in [-0.1, -0.05) is 12.1 Å². The van der Waals surface area contributed by atoms with Gasteiger partial charge in [0, 0.05) is 13.1 Å². The summed E-state index contributed by atoms with van der Waals surface area (Å²) in [6.07, 6.45) is 0.0987. The summed E-state index contributed by atoms with van der Waals surface area (Å²) >= 11 is 0. The Balaban J connectivity index is 1.83. The summed E-state index contributed by atoms with van der Waals surface area (Å²) in [5.41, 5.74) is 1.41. The smallest absolute Gasteiger partial charge is 0.240 e. The number of rotatable bonds is 9. The lowest BCUT2D eigenvalue weighted by Crippen LogP contribution is -2.35. The number of aryl methyl sites for hydroxylation is 1. The molecule has 2 N–H and O–H groups in total. The van der Waals surface area contributed by atoms with Crippen molar-refractivity contribution in [3.63, 3.8) is 0 Å². The summed E-state index contributed by atoms with van der Waals surface area (Å²) in [5, 5.41) is 2.63. The highest BCUT2D eigenvalue weighted by atomic mass is 32.2. The molecule has 2 aromatic carbocycles. The molecular formula is C20H25FN2O4S. The topological polar surface area (TPSA) is 84.5 Å². The van der Waals surface area contributed by atoms with Crippen LogP contribution in [0.3, 0.4) is 0 Å². The minimum Gasteiger partial charge on any atom is -0.491 e. The molecular weight excluding hydrogens is 383 g/mol. The van der Waals surface area contributed by atoms with E-state index in [4.69, 9.17) is 4.74 Å². The summed E-state index contributed by atoms with van der Waals surface area (Å²) in [4.78, 5) is 12.0. The predicted molar refractivity (Wildman–Crippen MR) is 105 cm³/mol. The third kappa shape index (κ3) is 6.61. The third-order valence-electron chi connectivity index (χ3n) is 3.84. The number of halogens is 1. The molecule has 0 heterocycles.